The van der Waals surface area contributed by atoms with Crippen LogP contribution in [0.4, 0.5) is 0 Å². The Hall–Kier alpha value is -1.07. The SMILES string of the molecule is CN(C(=O)c1ccc(Cl)cc1)[C@@]1(C)CCS(=O)(=O)C1. The van der Waals surface area contributed by atoms with Gasteiger partial charge in [0.05, 0.1) is 17.0 Å². The van der Waals surface area contributed by atoms with Crippen molar-refractivity contribution in [1.29, 1.82) is 0 Å². The van der Waals surface area contributed by atoms with Gasteiger partial charge in [0.25, 0.3) is 5.91 Å². The van der Waals surface area contributed by atoms with Gasteiger partial charge in [0.1, 0.15) is 0 Å². The molecule has 1 aliphatic heterocycles. The summed E-state index contributed by atoms with van der Waals surface area (Å²) in [5.41, 5.74) is -0.118. The third-order valence-corrected chi connectivity index (χ3v) is 5.83. The van der Waals surface area contributed by atoms with Gasteiger partial charge in [-0.2, -0.15) is 0 Å². The molecule has 1 fully saturated rings. The van der Waals surface area contributed by atoms with E-state index in [0.717, 1.165) is 0 Å². The second-order valence-electron chi connectivity index (χ2n) is 5.21. The fourth-order valence-electron chi connectivity index (χ4n) is 2.29. The van der Waals surface area contributed by atoms with E-state index in [1.54, 1.807) is 31.3 Å². The average Bonchev–Trinajstić information content (AvgIpc) is 2.64. The molecular formula is C13H16ClNO3S. The molecular weight excluding hydrogens is 286 g/mol. The van der Waals surface area contributed by atoms with Crippen LogP contribution in [0, 0.1) is 0 Å². The zero-order valence-corrected chi connectivity index (χ0v) is 12.5. The van der Waals surface area contributed by atoms with Crippen LogP contribution >= 0.6 is 11.6 Å². The third kappa shape index (κ3) is 2.92. The van der Waals surface area contributed by atoms with Crippen molar-refractivity contribution in [2.75, 3.05) is 18.6 Å². The Balaban J connectivity index is 2.22. The molecule has 1 atom stereocenters. The molecule has 1 saturated heterocycles. The van der Waals surface area contributed by atoms with Crippen molar-refractivity contribution < 1.29 is 13.2 Å². The zero-order chi connectivity index (χ0) is 14.3. The summed E-state index contributed by atoms with van der Waals surface area (Å²) in [5, 5.41) is 0.564. The number of hydrogen-bond donors (Lipinski definition) is 0. The fourth-order valence-corrected chi connectivity index (χ4v) is 4.60. The van der Waals surface area contributed by atoms with Gasteiger partial charge < -0.3 is 4.90 Å². The normalized spacial score (nSPS) is 25.2. The van der Waals surface area contributed by atoms with Gasteiger partial charge in [-0.1, -0.05) is 11.6 Å². The summed E-state index contributed by atoms with van der Waals surface area (Å²) >= 11 is 5.78. The van der Waals surface area contributed by atoms with Crippen LogP contribution in [0.2, 0.25) is 5.02 Å². The molecule has 104 valence electrons. The topological polar surface area (TPSA) is 54.5 Å². The van der Waals surface area contributed by atoms with Crippen LogP contribution in [-0.4, -0.2) is 43.3 Å². The van der Waals surface area contributed by atoms with Crippen LogP contribution < -0.4 is 0 Å². The molecule has 19 heavy (non-hydrogen) atoms. The average molecular weight is 302 g/mol. The molecule has 0 N–H and O–H groups in total. The first kappa shape index (κ1) is 14.3. The van der Waals surface area contributed by atoms with Gasteiger partial charge >= 0.3 is 0 Å². The number of sulfone groups is 1. The van der Waals surface area contributed by atoms with E-state index in [4.69, 9.17) is 11.6 Å². The van der Waals surface area contributed by atoms with Crippen molar-refractivity contribution >= 4 is 27.3 Å². The molecule has 1 amide bonds. The highest BCUT2D eigenvalue weighted by Gasteiger charge is 2.43. The molecule has 0 aromatic heterocycles. The van der Waals surface area contributed by atoms with Crippen molar-refractivity contribution in [3.8, 4) is 0 Å². The van der Waals surface area contributed by atoms with E-state index >= 15 is 0 Å². The summed E-state index contributed by atoms with van der Waals surface area (Å²) in [6, 6.07) is 6.59. The van der Waals surface area contributed by atoms with Crippen molar-refractivity contribution in [2.24, 2.45) is 0 Å². The molecule has 0 radical (unpaired) electrons. The highest BCUT2D eigenvalue weighted by Crippen LogP contribution is 2.29. The van der Waals surface area contributed by atoms with Gasteiger partial charge in [0.15, 0.2) is 9.84 Å². The van der Waals surface area contributed by atoms with Gasteiger partial charge in [-0.25, -0.2) is 8.42 Å². The summed E-state index contributed by atoms with van der Waals surface area (Å²) in [5.74, 6) is -0.0198. The minimum Gasteiger partial charge on any atom is -0.335 e. The largest absolute Gasteiger partial charge is 0.335 e. The lowest BCUT2D eigenvalue weighted by Gasteiger charge is -2.34. The molecule has 1 aromatic rings. The molecule has 6 heteroatoms. The Morgan fingerprint density at radius 3 is 2.37 bits per heavy atom. The van der Waals surface area contributed by atoms with Gasteiger partial charge in [-0.15, -0.1) is 0 Å². The van der Waals surface area contributed by atoms with Crippen molar-refractivity contribution in [3.63, 3.8) is 0 Å². The zero-order valence-electron chi connectivity index (χ0n) is 10.9. The van der Waals surface area contributed by atoms with Crippen LogP contribution in [0.3, 0.4) is 0 Å². The van der Waals surface area contributed by atoms with E-state index in [1.807, 2.05) is 6.92 Å². The highest BCUT2D eigenvalue weighted by atomic mass is 35.5. The van der Waals surface area contributed by atoms with Crippen LogP contribution in [0.5, 0.6) is 0 Å². The molecule has 2 rings (SSSR count). The Kier molecular flexibility index (Phi) is 3.62. The van der Waals surface area contributed by atoms with Crippen molar-refractivity contribution in [3.05, 3.63) is 34.9 Å². The predicted octanol–water partition coefficient (Wildman–Crippen LogP) is 1.99. The second kappa shape index (κ2) is 4.80. The summed E-state index contributed by atoms with van der Waals surface area (Å²) in [4.78, 5) is 13.9. The Morgan fingerprint density at radius 1 is 1.32 bits per heavy atom. The van der Waals surface area contributed by atoms with E-state index in [2.05, 4.69) is 0 Å². The van der Waals surface area contributed by atoms with E-state index in [9.17, 15) is 13.2 Å². The standard InChI is InChI=1S/C13H16ClNO3S/c1-13(7-8-19(17,18)9-13)15(2)12(16)10-3-5-11(14)6-4-10/h3-6H,7-9H2,1-2H3/t13-/m0/s1. The first-order valence-corrected chi connectivity index (χ1v) is 8.18. The molecule has 0 aliphatic carbocycles. The maximum absolute atomic E-state index is 12.3. The Morgan fingerprint density at radius 2 is 1.89 bits per heavy atom. The summed E-state index contributed by atoms with van der Waals surface area (Å²) < 4.78 is 23.2. The lowest BCUT2D eigenvalue weighted by molar-refractivity contribution is 0.0638. The Bertz CT molecular complexity index is 597. The molecule has 4 nitrogen and oxygen atoms in total. The predicted molar refractivity (Wildman–Crippen MR) is 75.2 cm³/mol. The van der Waals surface area contributed by atoms with Gasteiger partial charge in [-0.05, 0) is 37.6 Å². The maximum Gasteiger partial charge on any atom is 0.254 e. The van der Waals surface area contributed by atoms with Gasteiger partial charge in [-0.3, -0.25) is 4.79 Å². The molecule has 0 unspecified atom stereocenters. The lowest BCUT2D eigenvalue weighted by Crippen LogP contribution is -2.48. The number of carbonyl (C=O) groups excluding carboxylic acids is 1. The Labute approximate surface area is 118 Å². The van der Waals surface area contributed by atoms with E-state index in [0.29, 0.717) is 17.0 Å². The minimum atomic E-state index is -3.04. The molecule has 1 aliphatic rings. The van der Waals surface area contributed by atoms with Crippen molar-refractivity contribution in [2.45, 2.75) is 18.9 Å². The summed E-state index contributed by atoms with van der Waals surface area (Å²) in [6.07, 6.45) is 0.477. The van der Waals surface area contributed by atoms with Crippen LogP contribution in [-0.2, 0) is 9.84 Å². The van der Waals surface area contributed by atoms with E-state index in [-0.39, 0.29) is 17.4 Å². The summed E-state index contributed by atoms with van der Waals surface area (Å²) in [7, 11) is -1.39. The quantitative estimate of drug-likeness (QED) is 0.839. The van der Waals surface area contributed by atoms with Gasteiger partial charge in [0, 0.05) is 17.6 Å². The van der Waals surface area contributed by atoms with Crippen molar-refractivity contribution in [1.82, 2.24) is 4.90 Å². The monoisotopic (exact) mass is 301 g/mol. The fraction of sp³-hybridized carbons (Fsp3) is 0.462. The summed E-state index contributed by atoms with van der Waals surface area (Å²) in [6.45, 7) is 1.81. The number of carbonyl (C=O) groups is 1. The number of nitrogens with zero attached hydrogens (tertiary/aromatic N) is 1. The molecule has 0 bridgehead atoms. The maximum atomic E-state index is 12.3. The van der Waals surface area contributed by atoms with E-state index in [1.165, 1.54) is 4.90 Å². The second-order valence-corrected chi connectivity index (χ2v) is 7.83. The van der Waals surface area contributed by atoms with Crippen LogP contribution in [0.15, 0.2) is 24.3 Å². The first-order valence-electron chi connectivity index (χ1n) is 5.98. The number of amides is 1. The smallest absolute Gasteiger partial charge is 0.254 e. The van der Waals surface area contributed by atoms with Crippen LogP contribution in [0.25, 0.3) is 0 Å². The molecule has 0 spiro atoms. The minimum absolute atomic E-state index is 0.0236. The van der Waals surface area contributed by atoms with Gasteiger partial charge in [0.2, 0.25) is 0 Å². The molecule has 0 saturated carbocycles. The number of benzene rings is 1. The first-order chi connectivity index (χ1) is 8.73. The highest BCUT2D eigenvalue weighted by molar-refractivity contribution is 7.91. The lowest BCUT2D eigenvalue weighted by atomic mass is 9.99. The van der Waals surface area contributed by atoms with E-state index < -0.39 is 15.4 Å². The molecule has 1 aromatic carbocycles. The van der Waals surface area contributed by atoms with Crippen LogP contribution in [0.1, 0.15) is 23.7 Å². The number of halogens is 1. The third-order valence-electron chi connectivity index (χ3n) is 3.69. The number of rotatable bonds is 2. The molecule has 1 heterocycles. The number of hydrogen-bond acceptors (Lipinski definition) is 3.